The van der Waals surface area contributed by atoms with Gasteiger partial charge in [0.05, 0.1) is 13.4 Å². The van der Waals surface area contributed by atoms with E-state index in [1.807, 2.05) is 24.3 Å². The minimum atomic E-state index is 0. The fourth-order valence-electron chi connectivity index (χ4n) is 2.19. The molecule has 5 nitrogen and oxygen atoms in total. The van der Waals surface area contributed by atoms with Crippen LogP contribution in [0.4, 0.5) is 0 Å². The molecule has 0 radical (unpaired) electrons. The van der Waals surface area contributed by atoms with Crippen LogP contribution in [0.25, 0.3) is 0 Å². The molecule has 1 aromatic heterocycles. The first kappa shape index (κ1) is 20.3. The van der Waals surface area contributed by atoms with E-state index >= 15 is 0 Å². The number of hydrogen-bond donors (Lipinski definition) is 2. The Morgan fingerprint density at radius 2 is 1.92 bits per heavy atom. The van der Waals surface area contributed by atoms with E-state index in [1.165, 1.54) is 5.56 Å². The molecule has 24 heavy (non-hydrogen) atoms. The molecule has 132 valence electrons. The lowest BCUT2D eigenvalue weighted by molar-refractivity contribution is 0.414. The Morgan fingerprint density at radius 3 is 2.54 bits per heavy atom. The van der Waals surface area contributed by atoms with Gasteiger partial charge in [-0.25, -0.2) is 0 Å². The molecular formula is C18H26IN3O2. The Kier molecular flexibility index (Phi) is 9.98. The third-order valence-corrected chi connectivity index (χ3v) is 3.42. The van der Waals surface area contributed by atoms with Crippen LogP contribution in [0.15, 0.2) is 52.1 Å². The molecule has 2 N–H and O–H groups in total. The van der Waals surface area contributed by atoms with E-state index in [4.69, 9.17) is 9.15 Å². The largest absolute Gasteiger partial charge is 0.497 e. The van der Waals surface area contributed by atoms with Gasteiger partial charge in [-0.15, -0.1) is 24.0 Å². The van der Waals surface area contributed by atoms with Crippen molar-refractivity contribution in [3.8, 4) is 5.75 Å². The summed E-state index contributed by atoms with van der Waals surface area (Å²) < 4.78 is 10.5. The number of ether oxygens (including phenoxy) is 1. The Bertz CT molecular complexity index is 583. The number of guanidine groups is 1. The summed E-state index contributed by atoms with van der Waals surface area (Å²) in [5.74, 6) is 2.69. The molecule has 0 aliphatic rings. The number of methoxy groups -OCH3 is 1. The molecule has 6 heteroatoms. The predicted molar refractivity (Wildman–Crippen MR) is 109 cm³/mol. The van der Waals surface area contributed by atoms with Gasteiger partial charge in [-0.2, -0.15) is 0 Å². The van der Waals surface area contributed by atoms with Gasteiger partial charge in [-0.05, 0) is 43.2 Å². The maximum absolute atomic E-state index is 5.31. The van der Waals surface area contributed by atoms with Gasteiger partial charge in [0.1, 0.15) is 11.5 Å². The highest BCUT2D eigenvalue weighted by atomic mass is 127. The van der Waals surface area contributed by atoms with E-state index in [0.29, 0.717) is 6.54 Å². The summed E-state index contributed by atoms with van der Waals surface area (Å²) in [6, 6.07) is 12.0. The van der Waals surface area contributed by atoms with Crippen molar-refractivity contribution >= 4 is 29.9 Å². The van der Waals surface area contributed by atoms with Crippen LogP contribution in [0, 0.1) is 0 Å². The lowest BCUT2D eigenvalue weighted by Crippen LogP contribution is -2.38. The summed E-state index contributed by atoms with van der Waals surface area (Å²) in [5.41, 5.74) is 1.27. The van der Waals surface area contributed by atoms with Gasteiger partial charge in [0.25, 0.3) is 0 Å². The second-order valence-electron chi connectivity index (χ2n) is 5.11. The first-order valence-corrected chi connectivity index (χ1v) is 7.99. The second-order valence-corrected chi connectivity index (χ2v) is 5.11. The van der Waals surface area contributed by atoms with Gasteiger partial charge < -0.3 is 19.8 Å². The molecule has 0 saturated heterocycles. The van der Waals surface area contributed by atoms with Crippen LogP contribution in [0.5, 0.6) is 5.75 Å². The van der Waals surface area contributed by atoms with E-state index in [0.717, 1.165) is 43.4 Å². The molecule has 0 atom stereocenters. The second kappa shape index (κ2) is 11.8. The smallest absolute Gasteiger partial charge is 0.191 e. The van der Waals surface area contributed by atoms with E-state index in [9.17, 15) is 0 Å². The first-order valence-electron chi connectivity index (χ1n) is 7.99. The molecule has 0 saturated carbocycles. The van der Waals surface area contributed by atoms with Gasteiger partial charge in [0.2, 0.25) is 0 Å². The summed E-state index contributed by atoms with van der Waals surface area (Å²) in [7, 11) is 1.68. The van der Waals surface area contributed by atoms with Crippen LogP contribution in [0.3, 0.4) is 0 Å². The van der Waals surface area contributed by atoms with E-state index < -0.39 is 0 Å². The molecule has 1 heterocycles. The van der Waals surface area contributed by atoms with Gasteiger partial charge in [-0.1, -0.05) is 12.1 Å². The molecule has 0 bridgehead atoms. The molecule has 0 unspecified atom stereocenters. The maximum Gasteiger partial charge on any atom is 0.191 e. The average Bonchev–Trinajstić information content (AvgIpc) is 3.09. The SMILES string of the molecule is CCNC(=NCCc1ccco1)NCCc1ccc(OC)cc1.I. The quantitative estimate of drug-likeness (QED) is 0.374. The van der Waals surface area contributed by atoms with Crippen LogP contribution in [0.1, 0.15) is 18.2 Å². The zero-order chi connectivity index (χ0) is 16.3. The van der Waals surface area contributed by atoms with E-state index in [-0.39, 0.29) is 24.0 Å². The topological polar surface area (TPSA) is 58.8 Å². The minimum Gasteiger partial charge on any atom is -0.497 e. The zero-order valence-corrected chi connectivity index (χ0v) is 16.6. The highest BCUT2D eigenvalue weighted by Gasteiger charge is 1.99. The summed E-state index contributed by atoms with van der Waals surface area (Å²) in [6.45, 7) is 4.44. The van der Waals surface area contributed by atoms with Crippen LogP contribution < -0.4 is 15.4 Å². The third kappa shape index (κ3) is 7.25. The van der Waals surface area contributed by atoms with Crippen molar-refractivity contribution in [1.82, 2.24) is 10.6 Å². The Hall–Kier alpha value is -1.70. The standard InChI is InChI=1S/C18H25N3O2.HI/c1-3-19-18(21-13-11-17-5-4-14-23-17)20-12-10-15-6-8-16(22-2)9-7-15;/h4-9,14H,3,10-13H2,1-2H3,(H2,19,20,21);1H. The van der Waals surface area contributed by atoms with Crippen molar-refractivity contribution in [2.75, 3.05) is 26.7 Å². The van der Waals surface area contributed by atoms with Crippen LogP contribution in [0.2, 0.25) is 0 Å². The van der Waals surface area contributed by atoms with Crippen molar-refractivity contribution in [2.24, 2.45) is 4.99 Å². The summed E-state index contributed by atoms with van der Waals surface area (Å²) in [5, 5.41) is 6.61. The lowest BCUT2D eigenvalue weighted by Gasteiger charge is -2.11. The number of rotatable bonds is 8. The Morgan fingerprint density at radius 1 is 1.12 bits per heavy atom. The fourth-order valence-corrected chi connectivity index (χ4v) is 2.19. The van der Waals surface area contributed by atoms with Crippen molar-refractivity contribution in [3.63, 3.8) is 0 Å². The summed E-state index contributed by atoms with van der Waals surface area (Å²) in [6.07, 6.45) is 3.44. The van der Waals surface area contributed by atoms with E-state index in [2.05, 4.69) is 34.7 Å². The van der Waals surface area contributed by atoms with Gasteiger partial charge in [0.15, 0.2) is 5.96 Å². The normalized spacial score (nSPS) is 10.8. The minimum absolute atomic E-state index is 0. The third-order valence-electron chi connectivity index (χ3n) is 3.42. The van der Waals surface area contributed by atoms with Crippen molar-refractivity contribution in [2.45, 2.75) is 19.8 Å². The molecule has 0 spiro atoms. The Labute approximate surface area is 160 Å². The van der Waals surface area contributed by atoms with Crippen LogP contribution in [-0.2, 0) is 12.8 Å². The molecule has 0 fully saturated rings. The fraction of sp³-hybridized carbons (Fsp3) is 0.389. The van der Waals surface area contributed by atoms with E-state index in [1.54, 1.807) is 13.4 Å². The van der Waals surface area contributed by atoms with Crippen molar-refractivity contribution < 1.29 is 9.15 Å². The lowest BCUT2D eigenvalue weighted by atomic mass is 10.1. The molecule has 0 aliphatic heterocycles. The first-order chi connectivity index (χ1) is 11.3. The van der Waals surface area contributed by atoms with Gasteiger partial charge in [0, 0.05) is 26.1 Å². The van der Waals surface area contributed by atoms with Crippen molar-refractivity contribution in [1.29, 1.82) is 0 Å². The average molecular weight is 443 g/mol. The monoisotopic (exact) mass is 443 g/mol. The van der Waals surface area contributed by atoms with Crippen molar-refractivity contribution in [3.05, 3.63) is 54.0 Å². The molecule has 0 amide bonds. The van der Waals surface area contributed by atoms with Crippen LogP contribution >= 0.6 is 24.0 Å². The number of halogens is 1. The number of furan rings is 1. The number of benzene rings is 1. The molecule has 0 aliphatic carbocycles. The summed E-state index contributed by atoms with van der Waals surface area (Å²) in [4.78, 5) is 4.56. The molecular weight excluding hydrogens is 417 g/mol. The number of nitrogens with one attached hydrogen (secondary N) is 2. The number of hydrogen-bond acceptors (Lipinski definition) is 3. The predicted octanol–water partition coefficient (Wildman–Crippen LogP) is 3.25. The molecule has 1 aromatic carbocycles. The number of aliphatic imine (C=N–C) groups is 1. The number of nitrogens with zero attached hydrogens (tertiary/aromatic N) is 1. The molecule has 2 aromatic rings. The highest BCUT2D eigenvalue weighted by Crippen LogP contribution is 2.11. The zero-order valence-electron chi connectivity index (χ0n) is 14.2. The van der Waals surface area contributed by atoms with Gasteiger partial charge in [-0.3, -0.25) is 4.99 Å². The summed E-state index contributed by atoms with van der Waals surface area (Å²) >= 11 is 0. The molecule has 2 rings (SSSR count). The highest BCUT2D eigenvalue weighted by molar-refractivity contribution is 14.0. The maximum atomic E-state index is 5.31. The Balaban J connectivity index is 0.00000288. The van der Waals surface area contributed by atoms with Crippen LogP contribution in [-0.4, -0.2) is 32.7 Å². The van der Waals surface area contributed by atoms with Gasteiger partial charge >= 0.3 is 0 Å².